The molecule has 1 fully saturated rings. The number of methoxy groups -OCH3 is 4. The van der Waals surface area contributed by atoms with E-state index < -0.39 is 6.10 Å². The molecule has 1 heterocycles. The van der Waals surface area contributed by atoms with Crippen molar-refractivity contribution in [3.8, 4) is 23.0 Å². The fraction of sp³-hybridized carbons (Fsp3) is 0.316. The zero-order valence-corrected chi connectivity index (χ0v) is 16.5. The highest BCUT2D eigenvalue weighted by Crippen LogP contribution is 2.45. The summed E-state index contributed by atoms with van der Waals surface area (Å²) < 4.78 is 27.3. The second kappa shape index (κ2) is 7.55. The van der Waals surface area contributed by atoms with Crippen LogP contribution in [0.4, 0.5) is 0 Å². The molecule has 138 valence electrons. The van der Waals surface area contributed by atoms with E-state index in [1.165, 1.54) is 7.11 Å². The summed E-state index contributed by atoms with van der Waals surface area (Å²) in [5.74, 6) is 2.13. The number of carbonyl (C=O) groups is 1. The Kier molecular flexibility index (Phi) is 5.38. The predicted molar refractivity (Wildman–Crippen MR) is 98.7 cm³/mol. The molecular weight excluding hydrogens is 404 g/mol. The van der Waals surface area contributed by atoms with Crippen molar-refractivity contribution in [1.82, 2.24) is 0 Å². The summed E-state index contributed by atoms with van der Waals surface area (Å²) in [5, 5.41) is 0. The lowest BCUT2D eigenvalue weighted by atomic mass is 10.0. The van der Waals surface area contributed by atoms with Crippen molar-refractivity contribution in [3.05, 3.63) is 45.9 Å². The Morgan fingerprint density at radius 3 is 2.08 bits per heavy atom. The number of rotatable bonds is 7. The molecular formula is C19H19BrO6. The van der Waals surface area contributed by atoms with Gasteiger partial charge in [-0.15, -0.1) is 0 Å². The number of epoxide rings is 1. The van der Waals surface area contributed by atoms with Crippen LogP contribution in [-0.2, 0) is 4.74 Å². The molecule has 0 saturated carbocycles. The van der Waals surface area contributed by atoms with Gasteiger partial charge in [-0.1, -0.05) is 6.07 Å². The van der Waals surface area contributed by atoms with Gasteiger partial charge in [-0.25, -0.2) is 0 Å². The fourth-order valence-corrected chi connectivity index (χ4v) is 3.31. The molecule has 0 aliphatic carbocycles. The van der Waals surface area contributed by atoms with E-state index in [2.05, 4.69) is 15.9 Å². The maximum absolute atomic E-state index is 12.8. The van der Waals surface area contributed by atoms with Crippen LogP contribution in [0.5, 0.6) is 23.0 Å². The molecule has 3 rings (SSSR count). The van der Waals surface area contributed by atoms with E-state index >= 15 is 0 Å². The third-order valence-electron chi connectivity index (χ3n) is 4.22. The van der Waals surface area contributed by atoms with Crippen molar-refractivity contribution in [2.75, 3.05) is 28.4 Å². The smallest absolute Gasteiger partial charge is 0.195 e. The van der Waals surface area contributed by atoms with Crippen molar-refractivity contribution in [3.63, 3.8) is 0 Å². The highest BCUT2D eigenvalue weighted by molar-refractivity contribution is 9.10. The standard InChI is InChI=1S/C19H19BrO6/c1-22-13-6-5-10(7-14(13)23-2)18-19(26-18)17(21)11-8-15(24-3)16(25-4)9-12(11)20/h5-9,18-19H,1-4H3/t18-,19-/m1/s1. The number of hydrogen-bond donors (Lipinski definition) is 0. The first-order chi connectivity index (χ1) is 12.5. The molecule has 7 heteroatoms. The molecule has 6 nitrogen and oxygen atoms in total. The Balaban J connectivity index is 1.83. The average molecular weight is 423 g/mol. The molecule has 1 aliphatic rings. The first-order valence-corrected chi connectivity index (χ1v) is 8.66. The van der Waals surface area contributed by atoms with Gasteiger partial charge < -0.3 is 23.7 Å². The summed E-state index contributed by atoms with van der Waals surface area (Å²) >= 11 is 3.42. The highest BCUT2D eigenvalue weighted by Gasteiger charge is 2.47. The lowest BCUT2D eigenvalue weighted by molar-refractivity contribution is 0.0952. The Morgan fingerprint density at radius 2 is 1.46 bits per heavy atom. The SMILES string of the molecule is COc1ccc([C@H]2O[C@@H]2C(=O)c2cc(OC)c(OC)cc2Br)cc1OC. The third kappa shape index (κ3) is 3.37. The minimum atomic E-state index is -0.553. The lowest BCUT2D eigenvalue weighted by Gasteiger charge is -2.11. The molecule has 0 unspecified atom stereocenters. The molecule has 0 N–H and O–H groups in total. The fourth-order valence-electron chi connectivity index (χ4n) is 2.79. The van der Waals surface area contributed by atoms with Crippen LogP contribution in [0.2, 0.25) is 0 Å². The molecule has 2 aromatic carbocycles. The number of ether oxygens (including phenoxy) is 5. The van der Waals surface area contributed by atoms with Crippen molar-refractivity contribution < 1.29 is 28.5 Å². The highest BCUT2D eigenvalue weighted by atomic mass is 79.9. The van der Waals surface area contributed by atoms with Crippen LogP contribution in [0.1, 0.15) is 22.0 Å². The van der Waals surface area contributed by atoms with Crippen LogP contribution in [0.3, 0.4) is 0 Å². The van der Waals surface area contributed by atoms with Crippen LogP contribution in [0, 0.1) is 0 Å². The largest absolute Gasteiger partial charge is 0.493 e. The summed E-state index contributed by atoms with van der Waals surface area (Å²) in [6.45, 7) is 0. The molecule has 26 heavy (non-hydrogen) atoms. The van der Waals surface area contributed by atoms with Gasteiger partial charge in [0.1, 0.15) is 6.10 Å². The Morgan fingerprint density at radius 1 is 0.885 bits per heavy atom. The summed E-state index contributed by atoms with van der Waals surface area (Å²) in [5.41, 5.74) is 1.34. The van der Waals surface area contributed by atoms with E-state index in [1.807, 2.05) is 12.1 Å². The van der Waals surface area contributed by atoms with Gasteiger partial charge in [0.25, 0.3) is 0 Å². The zero-order chi connectivity index (χ0) is 18.8. The first kappa shape index (κ1) is 18.5. The number of halogens is 1. The Bertz CT molecular complexity index is 835. The number of Topliss-reactive ketones (excluding diaryl/α,β-unsaturated/α-hetero) is 1. The van der Waals surface area contributed by atoms with E-state index in [9.17, 15) is 4.79 Å². The molecule has 1 saturated heterocycles. The molecule has 2 atom stereocenters. The van der Waals surface area contributed by atoms with Gasteiger partial charge in [0, 0.05) is 10.0 Å². The van der Waals surface area contributed by atoms with E-state index in [0.29, 0.717) is 33.0 Å². The van der Waals surface area contributed by atoms with Gasteiger partial charge in [-0.3, -0.25) is 4.79 Å². The topological polar surface area (TPSA) is 66.5 Å². The van der Waals surface area contributed by atoms with Crippen molar-refractivity contribution >= 4 is 21.7 Å². The number of ketones is 1. The molecule has 0 spiro atoms. The molecule has 0 radical (unpaired) electrons. The van der Waals surface area contributed by atoms with Gasteiger partial charge in [-0.05, 0) is 45.8 Å². The quantitative estimate of drug-likeness (QED) is 0.499. The molecule has 0 amide bonds. The van der Waals surface area contributed by atoms with Gasteiger partial charge in [0.05, 0.1) is 28.4 Å². The van der Waals surface area contributed by atoms with Crippen LogP contribution < -0.4 is 18.9 Å². The predicted octanol–water partition coefficient (Wildman–Crippen LogP) is 3.81. The van der Waals surface area contributed by atoms with Crippen LogP contribution in [-0.4, -0.2) is 40.3 Å². The van der Waals surface area contributed by atoms with E-state index in [-0.39, 0.29) is 11.9 Å². The van der Waals surface area contributed by atoms with Gasteiger partial charge >= 0.3 is 0 Å². The Hall–Kier alpha value is -2.25. The molecule has 0 bridgehead atoms. The van der Waals surface area contributed by atoms with Crippen molar-refractivity contribution in [2.24, 2.45) is 0 Å². The van der Waals surface area contributed by atoms with Crippen LogP contribution in [0.15, 0.2) is 34.8 Å². The summed E-state index contributed by atoms with van der Waals surface area (Å²) in [4.78, 5) is 12.8. The normalized spacial score (nSPS) is 18.2. The summed E-state index contributed by atoms with van der Waals surface area (Å²) in [7, 11) is 6.22. The van der Waals surface area contributed by atoms with Gasteiger partial charge in [0.2, 0.25) is 0 Å². The second-order valence-corrected chi connectivity index (χ2v) is 6.50. The first-order valence-electron chi connectivity index (χ1n) is 7.87. The second-order valence-electron chi connectivity index (χ2n) is 5.64. The lowest BCUT2D eigenvalue weighted by Crippen LogP contribution is -2.10. The number of carbonyl (C=O) groups excluding carboxylic acids is 1. The van der Waals surface area contributed by atoms with Crippen molar-refractivity contribution in [2.45, 2.75) is 12.2 Å². The zero-order valence-electron chi connectivity index (χ0n) is 14.9. The Labute approximate surface area is 160 Å². The third-order valence-corrected chi connectivity index (χ3v) is 4.88. The van der Waals surface area contributed by atoms with Gasteiger partial charge in [0.15, 0.2) is 34.9 Å². The molecule has 1 aliphatic heterocycles. The van der Waals surface area contributed by atoms with Gasteiger partial charge in [-0.2, -0.15) is 0 Å². The maximum atomic E-state index is 12.8. The van der Waals surface area contributed by atoms with E-state index in [1.54, 1.807) is 39.5 Å². The number of hydrogen-bond acceptors (Lipinski definition) is 6. The summed E-state index contributed by atoms with van der Waals surface area (Å²) in [6.07, 6.45) is -0.871. The minimum absolute atomic E-state index is 0.127. The summed E-state index contributed by atoms with van der Waals surface area (Å²) in [6, 6.07) is 8.84. The van der Waals surface area contributed by atoms with Crippen LogP contribution >= 0.6 is 15.9 Å². The van der Waals surface area contributed by atoms with Crippen molar-refractivity contribution in [1.29, 1.82) is 0 Å². The molecule has 2 aromatic rings. The minimum Gasteiger partial charge on any atom is -0.493 e. The van der Waals surface area contributed by atoms with E-state index in [0.717, 1.165) is 5.56 Å². The van der Waals surface area contributed by atoms with E-state index in [4.69, 9.17) is 23.7 Å². The maximum Gasteiger partial charge on any atom is 0.195 e. The van der Waals surface area contributed by atoms with Crippen LogP contribution in [0.25, 0.3) is 0 Å². The molecule has 0 aromatic heterocycles. The number of benzene rings is 2. The average Bonchev–Trinajstić information content (AvgIpc) is 3.47. The monoisotopic (exact) mass is 422 g/mol.